The number of hydrogen-bond acceptors (Lipinski definition) is 0. The molecule has 0 saturated carbocycles. The topological polar surface area (TPSA) is 0 Å². The molecular formula is C16H9Cl7. The van der Waals surface area contributed by atoms with Gasteiger partial charge in [-0.1, -0.05) is 124 Å². The van der Waals surface area contributed by atoms with Gasteiger partial charge in [0.15, 0.2) is 4.33 Å². The van der Waals surface area contributed by atoms with Gasteiger partial charge in [0, 0.05) is 0 Å². The minimum absolute atomic E-state index is 0.476. The molecule has 0 aliphatic heterocycles. The SMILES string of the molecule is ClC(Cl)(Cl)C(Cl)(Cl)C(Cl)(Cl)c1ccc2c(c1)Cc1ccccc1-2. The van der Waals surface area contributed by atoms with Crippen LogP contribution in [0.2, 0.25) is 0 Å². The van der Waals surface area contributed by atoms with Gasteiger partial charge in [0.25, 0.3) is 0 Å². The summed E-state index contributed by atoms with van der Waals surface area (Å²) in [5.74, 6) is 0. The Morgan fingerprint density at radius 2 is 1.30 bits per heavy atom. The van der Waals surface area contributed by atoms with Gasteiger partial charge in [-0.3, -0.25) is 0 Å². The van der Waals surface area contributed by atoms with Gasteiger partial charge in [-0.15, -0.1) is 0 Å². The van der Waals surface area contributed by atoms with Crippen molar-refractivity contribution in [1.82, 2.24) is 0 Å². The molecule has 0 heterocycles. The Bertz CT molecular complexity index is 759. The predicted octanol–water partition coefficient (Wildman–Crippen LogP) is 7.43. The van der Waals surface area contributed by atoms with Crippen LogP contribution in [-0.2, 0) is 10.8 Å². The highest BCUT2D eigenvalue weighted by atomic mass is 35.6. The van der Waals surface area contributed by atoms with E-state index in [1.54, 1.807) is 6.07 Å². The van der Waals surface area contributed by atoms with E-state index in [0.717, 1.165) is 17.5 Å². The van der Waals surface area contributed by atoms with E-state index in [1.807, 2.05) is 24.3 Å². The molecule has 0 N–H and O–H groups in total. The van der Waals surface area contributed by atoms with Crippen LogP contribution < -0.4 is 0 Å². The van der Waals surface area contributed by atoms with Crippen molar-refractivity contribution in [3.63, 3.8) is 0 Å². The first kappa shape index (κ1) is 18.3. The molecule has 0 unspecified atom stereocenters. The molecule has 2 aromatic rings. The molecule has 1 aliphatic carbocycles. The lowest BCUT2D eigenvalue weighted by Crippen LogP contribution is -2.45. The number of rotatable bonds is 2. The Balaban J connectivity index is 2.06. The number of alkyl halides is 7. The second kappa shape index (κ2) is 6.02. The molecule has 7 heteroatoms. The van der Waals surface area contributed by atoms with Crippen molar-refractivity contribution in [2.45, 2.75) is 18.9 Å². The van der Waals surface area contributed by atoms with E-state index in [9.17, 15) is 0 Å². The molecule has 0 atom stereocenters. The number of benzene rings is 2. The van der Waals surface area contributed by atoms with Gasteiger partial charge in [0.2, 0.25) is 8.13 Å². The van der Waals surface area contributed by atoms with E-state index < -0.39 is 12.5 Å². The standard InChI is InChI=1S/C16H9Cl7/c17-14(18,15(19,20)16(21,22)23)11-5-6-13-10(8-11)7-9-3-1-2-4-12(9)13/h1-6,8H,7H2. The second-order valence-electron chi connectivity index (χ2n) is 5.35. The van der Waals surface area contributed by atoms with Crippen LogP contribution >= 0.6 is 81.2 Å². The molecule has 2 aromatic carbocycles. The van der Waals surface area contributed by atoms with Crippen molar-refractivity contribution in [3.8, 4) is 11.1 Å². The lowest BCUT2D eigenvalue weighted by molar-refractivity contribution is 0.698. The van der Waals surface area contributed by atoms with E-state index in [0.29, 0.717) is 5.56 Å². The van der Waals surface area contributed by atoms with Crippen LogP contribution in [0.4, 0.5) is 0 Å². The van der Waals surface area contributed by atoms with Gasteiger partial charge >= 0.3 is 0 Å². The highest BCUT2D eigenvalue weighted by Gasteiger charge is 2.60. The summed E-state index contributed by atoms with van der Waals surface area (Å²) in [6.45, 7) is 0. The molecule has 0 bridgehead atoms. The lowest BCUT2D eigenvalue weighted by atomic mass is 10.0. The normalized spacial score (nSPS) is 14.6. The van der Waals surface area contributed by atoms with Crippen molar-refractivity contribution in [3.05, 3.63) is 59.2 Å². The van der Waals surface area contributed by atoms with E-state index in [2.05, 4.69) is 12.1 Å². The fraction of sp³-hybridized carbons (Fsp3) is 0.250. The quantitative estimate of drug-likeness (QED) is 0.357. The first-order valence-electron chi connectivity index (χ1n) is 6.60. The molecule has 3 rings (SSSR count). The molecule has 23 heavy (non-hydrogen) atoms. The Morgan fingerprint density at radius 3 is 1.96 bits per heavy atom. The molecule has 1 aliphatic rings. The second-order valence-corrected chi connectivity index (χ2v) is 10.3. The molecule has 0 fully saturated rings. The third-order valence-electron chi connectivity index (χ3n) is 3.91. The Kier molecular flexibility index (Phi) is 4.78. The maximum absolute atomic E-state index is 6.40. The molecule has 0 aromatic heterocycles. The Labute approximate surface area is 169 Å². The van der Waals surface area contributed by atoms with Gasteiger partial charge in [-0.2, -0.15) is 0 Å². The van der Waals surface area contributed by atoms with Crippen LogP contribution in [0, 0.1) is 0 Å². The molecule has 0 saturated heterocycles. The predicted molar refractivity (Wildman–Crippen MR) is 103 cm³/mol. The van der Waals surface area contributed by atoms with Crippen molar-refractivity contribution < 1.29 is 0 Å². The van der Waals surface area contributed by atoms with Crippen molar-refractivity contribution in [1.29, 1.82) is 0 Å². The first-order valence-corrected chi connectivity index (χ1v) is 9.24. The van der Waals surface area contributed by atoms with E-state index >= 15 is 0 Å². The fourth-order valence-electron chi connectivity index (χ4n) is 2.70. The van der Waals surface area contributed by atoms with E-state index in [1.165, 1.54) is 11.1 Å². The van der Waals surface area contributed by atoms with Gasteiger partial charge in [0.05, 0.1) is 0 Å². The zero-order chi connectivity index (χ0) is 17.0. The van der Waals surface area contributed by atoms with Crippen molar-refractivity contribution in [2.24, 2.45) is 0 Å². The minimum atomic E-state index is -2.07. The van der Waals surface area contributed by atoms with Gasteiger partial charge in [-0.05, 0) is 34.2 Å². The molecular weight excluding hydrogens is 440 g/mol. The average Bonchev–Trinajstić information content (AvgIpc) is 2.83. The summed E-state index contributed by atoms with van der Waals surface area (Å²) >= 11 is 42.7. The summed E-state index contributed by atoms with van der Waals surface area (Å²) in [4.78, 5) is 0. The van der Waals surface area contributed by atoms with Crippen LogP contribution in [0.5, 0.6) is 0 Å². The minimum Gasteiger partial charge on any atom is -0.0930 e. The third kappa shape index (κ3) is 2.95. The third-order valence-corrected chi connectivity index (χ3v) is 7.86. The zero-order valence-corrected chi connectivity index (χ0v) is 16.7. The average molecular weight is 449 g/mol. The van der Waals surface area contributed by atoms with Crippen LogP contribution in [0.1, 0.15) is 16.7 Å². The van der Waals surface area contributed by atoms with Crippen LogP contribution in [-0.4, -0.2) is 8.13 Å². The molecule has 0 spiro atoms. The van der Waals surface area contributed by atoms with Crippen molar-refractivity contribution >= 4 is 81.2 Å². The zero-order valence-electron chi connectivity index (χ0n) is 11.4. The van der Waals surface area contributed by atoms with Crippen molar-refractivity contribution in [2.75, 3.05) is 0 Å². The van der Waals surface area contributed by atoms with Crippen LogP contribution in [0.3, 0.4) is 0 Å². The molecule has 0 amide bonds. The summed E-state index contributed by atoms with van der Waals surface area (Å²) in [5, 5.41) is 0. The monoisotopic (exact) mass is 446 g/mol. The van der Waals surface area contributed by atoms with E-state index in [-0.39, 0.29) is 0 Å². The van der Waals surface area contributed by atoms with Crippen LogP contribution in [0.25, 0.3) is 11.1 Å². The number of fused-ring (bicyclic) bond motifs is 3. The largest absolute Gasteiger partial charge is 0.226 e. The van der Waals surface area contributed by atoms with E-state index in [4.69, 9.17) is 81.2 Å². The Hall–Kier alpha value is 0.470. The summed E-state index contributed by atoms with van der Waals surface area (Å²) in [7, 11) is 0. The number of halogens is 7. The highest BCUT2D eigenvalue weighted by Crippen LogP contribution is 2.60. The van der Waals surface area contributed by atoms with Gasteiger partial charge < -0.3 is 0 Å². The summed E-state index contributed by atoms with van der Waals surface area (Å²) in [5.41, 5.74) is 5.09. The number of hydrogen-bond donors (Lipinski definition) is 0. The Morgan fingerprint density at radius 1 is 0.696 bits per heavy atom. The highest BCUT2D eigenvalue weighted by molar-refractivity contribution is 6.78. The maximum Gasteiger partial charge on any atom is 0.226 e. The fourth-order valence-corrected chi connectivity index (χ4v) is 4.15. The summed E-state index contributed by atoms with van der Waals surface area (Å²) < 4.78 is -5.90. The summed E-state index contributed by atoms with van der Waals surface area (Å²) in [6, 6.07) is 13.7. The first-order chi connectivity index (χ1) is 10.6. The molecule has 0 radical (unpaired) electrons. The smallest absolute Gasteiger partial charge is 0.0930 e. The van der Waals surface area contributed by atoms with Gasteiger partial charge in [0.1, 0.15) is 0 Å². The summed E-state index contributed by atoms with van der Waals surface area (Å²) in [6.07, 6.45) is 0.772. The molecule has 0 nitrogen and oxygen atoms in total. The van der Waals surface area contributed by atoms with Crippen LogP contribution in [0.15, 0.2) is 42.5 Å². The maximum atomic E-state index is 6.40. The lowest BCUT2D eigenvalue weighted by Gasteiger charge is -2.38. The van der Waals surface area contributed by atoms with Gasteiger partial charge in [-0.25, -0.2) is 0 Å². The molecule has 122 valence electrons.